The average molecular weight is 2040 g/mol. The minimum absolute atomic E-state index is 0.0163. The minimum Gasteiger partial charge on any atom is -0.507 e. The molecule has 144 heavy (non-hydrogen) atoms. The molecule has 37 heteroatoms. The maximum Gasteiger partial charge on any atom is 0.343 e. The van der Waals surface area contributed by atoms with E-state index in [1.165, 1.54) is 109 Å². The Kier molecular flexibility index (Phi) is 51.6. The van der Waals surface area contributed by atoms with Gasteiger partial charge in [0.15, 0.2) is 0 Å². The molecule has 3 N–H and O–H groups in total. The number of ether oxygens (including phenoxy) is 16. The molecular formula is C107H127ClO35S. The van der Waals surface area contributed by atoms with E-state index in [2.05, 4.69) is 30.4 Å². The first-order valence-corrected chi connectivity index (χ1v) is 50.1. The zero-order valence-electron chi connectivity index (χ0n) is 82.3. The molecule has 35 nitrogen and oxygen atoms in total. The second-order valence-corrected chi connectivity index (χ2v) is 37.1. The van der Waals surface area contributed by atoms with Gasteiger partial charge in [0.25, 0.3) is 0 Å². The molecule has 4 atom stereocenters. The van der Waals surface area contributed by atoms with Crippen molar-refractivity contribution >= 4 is 103 Å². The van der Waals surface area contributed by atoms with Gasteiger partial charge in [0.1, 0.15) is 85.5 Å². The molecular weight excluding hydrogens is 1910 g/mol. The Hall–Kier alpha value is -14.4. The lowest BCUT2D eigenvalue weighted by atomic mass is 9.82. The molecule has 2 fully saturated rings. The van der Waals surface area contributed by atoms with Crippen LogP contribution in [0.5, 0.6) is 63.2 Å². The number of carbonyl (C=O) groups is 14. The van der Waals surface area contributed by atoms with Gasteiger partial charge in [-0.3, -0.25) is 19.2 Å². The molecule has 4 unspecified atom stereocenters. The summed E-state index contributed by atoms with van der Waals surface area (Å²) in [6, 6.07) is 34.6. The van der Waals surface area contributed by atoms with Crippen LogP contribution in [0.1, 0.15) is 243 Å². The Morgan fingerprint density at radius 2 is 0.549 bits per heavy atom. The predicted octanol–water partition coefficient (Wildman–Crippen LogP) is 18.9. The van der Waals surface area contributed by atoms with Gasteiger partial charge < -0.3 is 91.1 Å². The lowest BCUT2D eigenvalue weighted by Crippen LogP contribution is -2.30. The van der Waals surface area contributed by atoms with E-state index in [-0.39, 0.29) is 174 Å². The monoisotopic (exact) mass is 2040 g/mol. The Morgan fingerprint density at radius 3 is 0.792 bits per heavy atom. The Labute approximate surface area is 841 Å². The quantitative estimate of drug-likeness (QED) is 0.00796. The van der Waals surface area contributed by atoms with Crippen LogP contribution in [-0.2, 0) is 75.8 Å². The molecule has 0 bridgehead atoms. The number of esters is 13. The summed E-state index contributed by atoms with van der Waals surface area (Å²) in [5.41, 5.74) is 0.138. The van der Waals surface area contributed by atoms with Gasteiger partial charge in [0, 0.05) is 28.9 Å². The van der Waals surface area contributed by atoms with E-state index in [1.54, 1.807) is 36.4 Å². The van der Waals surface area contributed by atoms with E-state index >= 15 is 0 Å². The summed E-state index contributed by atoms with van der Waals surface area (Å²) in [6.45, 7) is 28.2. The van der Waals surface area contributed by atoms with Crippen LogP contribution >= 0.6 is 10.7 Å². The highest BCUT2D eigenvalue weighted by Gasteiger charge is 2.36. The number of benzene rings is 7. The van der Waals surface area contributed by atoms with Crippen LogP contribution in [0.25, 0.3) is 0 Å². The molecule has 0 heterocycles. The van der Waals surface area contributed by atoms with Crippen LogP contribution in [0.2, 0.25) is 0 Å². The zero-order valence-corrected chi connectivity index (χ0v) is 83.9. The molecule has 2 saturated carbocycles. The van der Waals surface area contributed by atoms with Crippen LogP contribution in [0, 0.1) is 47.3 Å². The summed E-state index contributed by atoms with van der Waals surface area (Å²) in [5.74, 6) is -9.57. The standard InChI is InChI=1S/C60H68O18.C32H40O10.C14H16O5.CH3ClO2S/c1-7-39(5)37-73-59(67)49-35-47(27-29-51(49)77-57(65)43-19-23-45(24-20-43)69-31-11-13-33-71-53(61)9-3)75-55(63)41-15-17-42(18-16-41)56(64)76-48-28-30-52(50(36-48)60(68)74-38-40(6)8-2)78-58(66)44-21-25-46(26-22-44)70-32-12-14-34-72-54(62)10-4;1-5-19(3)17-39-31(37)25-15-23(11-13-27(25)33)41-29(35)21-7-9-22(10-8-21)30(36)42-24-12-14-28(34)26(16-24)32(38)40-18-20(4)6-2;1-2-13(15)19-10-4-3-9-18-12-7-5-11(6-8-12)14(16)17;1-5(2,3)4/h9-10,19-30,35-36,39-42H,3-4,7-8,11-18,31-34,37-38H2,1-2,5-6H3;11-16,19-22,33-34H,5-10,17-18H2,1-4H3;2,5-8H,1,3-4,9-10H2,(H,16,17);1H3. The third kappa shape index (κ3) is 43.6. The molecule has 0 saturated heterocycles. The highest BCUT2D eigenvalue weighted by molar-refractivity contribution is 8.13. The van der Waals surface area contributed by atoms with Crippen molar-refractivity contribution in [2.45, 2.75) is 171 Å². The third-order valence-corrected chi connectivity index (χ3v) is 22.5. The van der Waals surface area contributed by atoms with Crippen molar-refractivity contribution in [3.8, 4) is 63.2 Å². The molecule has 0 aromatic heterocycles. The summed E-state index contributed by atoms with van der Waals surface area (Å²) in [4.78, 5) is 175. The second-order valence-electron chi connectivity index (χ2n) is 34.0. The number of hydrogen-bond acceptors (Lipinski definition) is 34. The number of phenolic OH excluding ortho intramolecular Hbond substituents is 2. The molecule has 9 rings (SSSR count). The molecule has 2 aliphatic rings. The minimum atomic E-state index is -3.19. The van der Waals surface area contributed by atoms with Crippen LogP contribution in [0.3, 0.4) is 0 Å². The number of carboxylic acids is 1. The van der Waals surface area contributed by atoms with E-state index in [0.29, 0.717) is 101 Å². The molecule has 778 valence electrons. The highest BCUT2D eigenvalue weighted by atomic mass is 35.7. The fraction of sp³-hybridized carbons (Fsp3) is 0.421. The van der Waals surface area contributed by atoms with Crippen molar-refractivity contribution in [3.63, 3.8) is 0 Å². The molecule has 0 amide bonds. The van der Waals surface area contributed by atoms with Gasteiger partial charge in [-0.05, 0) is 259 Å². The number of hydrogen-bond donors (Lipinski definition) is 3. The first kappa shape index (κ1) is 118. The fourth-order valence-electron chi connectivity index (χ4n) is 13.0. The van der Waals surface area contributed by atoms with Gasteiger partial charge in [0.05, 0.1) is 113 Å². The van der Waals surface area contributed by atoms with Crippen LogP contribution < -0.4 is 42.6 Å². The van der Waals surface area contributed by atoms with E-state index in [1.807, 2.05) is 55.4 Å². The second kappa shape index (κ2) is 62.8. The van der Waals surface area contributed by atoms with Crippen molar-refractivity contribution in [1.29, 1.82) is 0 Å². The van der Waals surface area contributed by atoms with Crippen molar-refractivity contribution in [2.24, 2.45) is 47.3 Å². The molecule has 0 spiro atoms. The fourth-order valence-corrected chi connectivity index (χ4v) is 13.0. The Balaban J connectivity index is 0.000000395. The Morgan fingerprint density at radius 1 is 0.326 bits per heavy atom. The summed E-state index contributed by atoms with van der Waals surface area (Å²) in [7, 11) is 1.31. The van der Waals surface area contributed by atoms with Gasteiger partial charge in [-0.15, -0.1) is 0 Å². The number of unbranched alkanes of at least 4 members (excludes halogenated alkanes) is 3. The van der Waals surface area contributed by atoms with E-state index in [9.17, 15) is 85.8 Å². The average Bonchev–Trinajstić information content (AvgIpc) is 0.846. The van der Waals surface area contributed by atoms with Crippen molar-refractivity contribution in [1.82, 2.24) is 0 Å². The van der Waals surface area contributed by atoms with E-state index < -0.39 is 116 Å². The van der Waals surface area contributed by atoms with Crippen LogP contribution in [0.4, 0.5) is 0 Å². The maximum atomic E-state index is 13.5. The normalized spacial score (nSPS) is 14.7. The number of carboxylic acid groups (broad SMARTS) is 1. The first-order chi connectivity index (χ1) is 68.7. The number of rotatable bonds is 50. The third-order valence-electron chi connectivity index (χ3n) is 22.5. The van der Waals surface area contributed by atoms with Crippen LogP contribution in [0.15, 0.2) is 184 Å². The van der Waals surface area contributed by atoms with Gasteiger partial charge in [-0.1, -0.05) is 101 Å². The number of aromatic hydroxyl groups is 2. The van der Waals surface area contributed by atoms with Crippen LogP contribution in [-0.4, -0.2) is 180 Å². The maximum absolute atomic E-state index is 13.5. The summed E-state index contributed by atoms with van der Waals surface area (Å²) in [6.07, 6.45) is 14.0. The summed E-state index contributed by atoms with van der Waals surface area (Å²) in [5, 5.41) is 28.9. The topological polar surface area (TPSA) is 481 Å². The van der Waals surface area contributed by atoms with Gasteiger partial charge in [-0.2, -0.15) is 0 Å². The predicted molar refractivity (Wildman–Crippen MR) is 526 cm³/mol. The lowest BCUT2D eigenvalue weighted by molar-refractivity contribution is -0.145. The molecule has 2 aliphatic carbocycles. The smallest absolute Gasteiger partial charge is 0.343 e. The first-order valence-electron chi connectivity index (χ1n) is 47.4. The van der Waals surface area contributed by atoms with Crippen molar-refractivity contribution < 1.29 is 167 Å². The van der Waals surface area contributed by atoms with Crippen molar-refractivity contribution in [3.05, 3.63) is 223 Å². The van der Waals surface area contributed by atoms with Gasteiger partial charge in [0.2, 0.25) is 9.05 Å². The van der Waals surface area contributed by atoms with Crippen molar-refractivity contribution in [2.75, 3.05) is 72.3 Å². The van der Waals surface area contributed by atoms with E-state index in [4.69, 9.17) is 80.9 Å². The lowest BCUT2D eigenvalue weighted by Gasteiger charge is -2.26. The molecule has 7 aromatic rings. The number of aromatic carboxylic acids is 1. The summed E-state index contributed by atoms with van der Waals surface area (Å²) >= 11 is 0. The SMILES string of the molecule is C=CC(=O)OCCCCOc1ccc(C(=O)O)cc1.C=CC(=O)OCCCCOc1ccc(C(=O)Oc2ccc(OC(=O)C3CCC(C(=O)Oc4ccc(OC(=O)c5ccc(OCCCCOC(=O)C=C)cc5)c(C(=O)OCC(C)CC)c4)CC3)cc2C(=O)OCC(C)CC)cc1.CCC(C)COC(=O)c1cc(OC(=O)C2CCC(C(=O)Oc3ccc(O)c(C(=O)OCC(C)CC)c3)CC2)ccc1O.CS(=O)(=O)Cl. The summed E-state index contributed by atoms with van der Waals surface area (Å²) < 4.78 is 106. The van der Waals surface area contributed by atoms with Gasteiger partial charge in [-0.25, -0.2) is 56.4 Å². The number of halogens is 1. The largest absolute Gasteiger partial charge is 0.507 e. The Bertz CT molecular complexity index is 5290. The van der Waals surface area contributed by atoms with Gasteiger partial charge >= 0.3 is 83.6 Å². The molecule has 0 aliphatic heterocycles. The highest BCUT2D eigenvalue weighted by Crippen LogP contribution is 2.38. The number of phenols is 2. The van der Waals surface area contributed by atoms with E-state index in [0.717, 1.165) is 56.6 Å². The zero-order chi connectivity index (χ0) is 106. The molecule has 7 aromatic carbocycles. The number of carbonyl (C=O) groups excluding carboxylic acids is 13. The molecule has 0 radical (unpaired) electrons.